The van der Waals surface area contributed by atoms with Crippen molar-refractivity contribution in [1.82, 2.24) is 9.72 Å². The minimum atomic E-state index is -0.260. The summed E-state index contributed by atoms with van der Waals surface area (Å²) in [5, 5.41) is 4.41. The van der Waals surface area contributed by atoms with Crippen LogP contribution in [0.3, 0.4) is 0 Å². The molecule has 0 fully saturated rings. The molecule has 0 aliphatic heterocycles. The number of para-hydroxylation sites is 1. The van der Waals surface area contributed by atoms with E-state index in [1.165, 1.54) is 6.07 Å². The van der Waals surface area contributed by atoms with Crippen LogP contribution in [-0.4, -0.2) is 9.72 Å². The number of nitrogens with zero attached hydrogens (tertiary/aromatic N) is 2. The number of halogens is 1. The molecule has 86 valence electrons. The van der Waals surface area contributed by atoms with Gasteiger partial charge in [0, 0.05) is 30.3 Å². The standard InChI is InChI=1S/C12H10FN3O/c1-16-6-8(10-5-11(14)15-17-10)7-3-2-4-9(13)12(7)16/h2-6H,1H3,(H2,14,15). The topological polar surface area (TPSA) is 57.0 Å². The lowest BCUT2D eigenvalue weighted by Crippen LogP contribution is -1.86. The third kappa shape index (κ3) is 1.39. The van der Waals surface area contributed by atoms with Gasteiger partial charge in [-0.2, -0.15) is 0 Å². The Hall–Kier alpha value is -2.30. The first-order chi connectivity index (χ1) is 8.16. The van der Waals surface area contributed by atoms with Gasteiger partial charge in [0.1, 0.15) is 5.82 Å². The summed E-state index contributed by atoms with van der Waals surface area (Å²) in [5.41, 5.74) is 6.83. The summed E-state index contributed by atoms with van der Waals surface area (Å²) in [6, 6.07) is 6.56. The molecule has 2 heterocycles. The number of hydrogen-bond donors (Lipinski definition) is 1. The van der Waals surface area contributed by atoms with Gasteiger partial charge in [-0.1, -0.05) is 17.3 Å². The molecule has 3 aromatic rings. The molecule has 0 spiro atoms. The summed E-state index contributed by atoms with van der Waals surface area (Å²) in [4.78, 5) is 0. The zero-order valence-corrected chi connectivity index (χ0v) is 9.14. The van der Waals surface area contributed by atoms with Crippen LogP contribution in [0.2, 0.25) is 0 Å². The molecule has 0 bridgehead atoms. The Labute approximate surface area is 96.4 Å². The van der Waals surface area contributed by atoms with Crippen LogP contribution in [-0.2, 0) is 7.05 Å². The number of fused-ring (bicyclic) bond motifs is 1. The second-order valence-corrected chi connectivity index (χ2v) is 3.91. The van der Waals surface area contributed by atoms with E-state index < -0.39 is 0 Å². The fourth-order valence-electron chi connectivity index (χ4n) is 2.03. The van der Waals surface area contributed by atoms with Crippen molar-refractivity contribution in [2.45, 2.75) is 0 Å². The van der Waals surface area contributed by atoms with Crippen molar-refractivity contribution in [3.05, 3.63) is 36.3 Å². The van der Waals surface area contributed by atoms with Gasteiger partial charge in [0.05, 0.1) is 5.52 Å². The summed E-state index contributed by atoms with van der Waals surface area (Å²) in [7, 11) is 1.79. The Morgan fingerprint density at radius 3 is 2.94 bits per heavy atom. The van der Waals surface area contributed by atoms with E-state index >= 15 is 0 Å². The smallest absolute Gasteiger partial charge is 0.171 e. The number of hydrogen-bond acceptors (Lipinski definition) is 3. The van der Waals surface area contributed by atoms with Crippen molar-refractivity contribution in [2.24, 2.45) is 7.05 Å². The summed E-state index contributed by atoms with van der Waals surface area (Å²) in [6.07, 6.45) is 1.80. The van der Waals surface area contributed by atoms with Crippen molar-refractivity contribution >= 4 is 16.7 Å². The maximum absolute atomic E-state index is 13.7. The van der Waals surface area contributed by atoms with Crippen molar-refractivity contribution in [1.29, 1.82) is 0 Å². The fraction of sp³-hybridized carbons (Fsp3) is 0.0833. The number of benzene rings is 1. The summed E-state index contributed by atoms with van der Waals surface area (Å²) in [5.74, 6) is 0.593. The number of anilines is 1. The van der Waals surface area contributed by atoms with Gasteiger partial charge in [0.15, 0.2) is 11.6 Å². The molecule has 17 heavy (non-hydrogen) atoms. The van der Waals surface area contributed by atoms with Crippen molar-refractivity contribution in [3.8, 4) is 11.3 Å². The van der Waals surface area contributed by atoms with Gasteiger partial charge in [-0.3, -0.25) is 0 Å². The highest BCUT2D eigenvalue weighted by molar-refractivity contribution is 5.95. The van der Waals surface area contributed by atoms with Crippen molar-refractivity contribution in [3.63, 3.8) is 0 Å². The maximum Gasteiger partial charge on any atom is 0.171 e. The van der Waals surface area contributed by atoms with Gasteiger partial charge in [-0.25, -0.2) is 4.39 Å². The molecular weight excluding hydrogens is 221 g/mol. The van der Waals surface area contributed by atoms with E-state index in [9.17, 15) is 4.39 Å². The zero-order chi connectivity index (χ0) is 12.0. The van der Waals surface area contributed by atoms with Gasteiger partial charge in [-0.15, -0.1) is 0 Å². The molecule has 0 radical (unpaired) electrons. The number of aryl methyl sites for hydroxylation is 1. The maximum atomic E-state index is 13.7. The SMILES string of the molecule is Cn1cc(-c2cc(N)no2)c2cccc(F)c21. The fourth-order valence-corrected chi connectivity index (χ4v) is 2.03. The van der Waals surface area contributed by atoms with E-state index in [0.717, 1.165) is 10.9 Å². The lowest BCUT2D eigenvalue weighted by atomic mass is 10.1. The first-order valence-corrected chi connectivity index (χ1v) is 5.13. The molecule has 2 N–H and O–H groups in total. The Balaban J connectivity index is 2.35. The van der Waals surface area contributed by atoms with E-state index in [4.69, 9.17) is 10.3 Å². The lowest BCUT2D eigenvalue weighted by Gasteiger charge is -1.96. The molecular formula is C12H10FN3O. The Morgan fingerprint density at radius 1 is 1.41 bits per heavy atom. The average Bonchev–Trinajstić information content (AvgIpc) is 2.84. The van der Waals surface area contributed by atoms with Crippen LogP contribution in [0, 0.1) is 5.82 Å². The Morgan fingerprint density at radius 2 is 2.24 bits per heavy atom. The number of rotatable bonds is 1. The quantitative estimate of drug-likeness (QED) is 0.700. The molecule has 0 atom stereocenters. The van der Waals surface area contributed by atoms with Crippen LogP contribution < -0.4 is 5.73 Å². The summed E-state index contributed by atoms with van der Waals surface area (Å²) >= 11 is 0. The minimum Gasteiger partial charge on any atom is -0.381 e. The molecule has 0 amide bonds. The van der Waals surface area contributed by atoms with Crippen LogP contribution in [0.1, 0.15) is 0 Å². The molecule has 0 unspecified atom stereocenters. The first-order valence-electron chi connectivity index (χ1n) is 5.13. The third-order valence-corrected chi connectivity index (χ3v) is 2.75. The monoisotopic (exact) mass is 231 g/mol. The summed E-state index contributed by atoms with van der Waals surface area (Å²) in [6.45, 7) is 0. The van der Waals surface area contributed by atoms with Gasteiger partial charge in [0.2, 0.25) is 0 Å². The molecule has 1 aromatic carbocycles. The predicted octanol–water partition coefficient (Wildman–Crippen LogP) is 2.55. The summed E-state index contributed by atoms with van der Waals surface area (Å²) < 4.78 is 20.5. The van der Waals surface area contributed by atoms with E-state index in [1.54, 1.807) is 29.9 Å². The average molecular weight is 231 g/mol. The highest BCUT2D eigenvalue weighted by atomic mass is 19.1. The first kappa shape index (κ1) is 9.89. The minimum absolute atomic E-state index is 0.260. The van der Waals surface area contributed by atoms with E-state index in [0.29, 0.717) is 17.1 Å². The van der Waals surface area contributed by atoms with Crippen LogP contribution in [0.5, 0.6) is 0 Å². The molecule has 0 aliphatic rings. The molecule has 3 rings (SSSR count). The molecule has 2 aromatic heterocycles. The normalized spacial score (nSPS) is 11.2. The van der Waals surface area contributed by atoms with E-state index in [2.05, 4.69) is 5.16 Å². The van der Waals surface area contributed by atoms with Gasteiger partial charge in [0.25, 0.3) is 0 Å². The molecule has 0 saturated heterocycles. The number of nitrogen functional groups attached to an aromatic ring is 1. The van der Waals surface area contributed by atoms with Gasteiger partial charge >= 0.3 is 0 Å². The van der Waals surface area contributed by atoms with Gasteiger partial charge < -0.3 is 14.8 Å². The van der Waals surface area contributed by atoms with Crippen LogP contribution in [0.4, 0.5) is 10.2 Å². The third-order valence-electron chi connectivity index (χ3n) is 2.75. The highest BCUT2D eigenvalue weighted by Gasteiger charge is 2.14. The largest absolute Gasteiger partial charge is 0.381 e. The van der Waals surface area contributed by atoms with Crippen LogP contribution in [0.25, 0.3) is 22.2 Å². The van der Waals surface area contributed by atoms with Crippen molar-refractivity contribution < 1.29 is 8.91 Å². The lowest BCUT2D eigenvalue weighted by molar-refractivity contribution is 0.436. The Kier molecular flexibility index (Phi) is 1.95. The zero-order valence-electron chi connectivity index (χ0n) is 9.14. The van der Waals surface area contributed by atoms with E-state index in [-0.39, 0.29) is 5.82 Å². The van der Waals surface area contributed by atoms with Gasteiger partial charge in [-0.05, 0) is 6.07 Å². The van der Waals surface area contributed by atoms with E-state index in [1.807, 2.05) is 6.07 Å². The van der Waals surface area contributed by atoms with Crippen LogP contribution >= 0.6 is 0 Å². The Bertz CT molecular complexity index is 699. The molecule has 0 saturated carbocycles. The molecule has 4 nitrogen and oxygen atoms in total. The molecule has 5 heteroatoms. The molecule has 0 aliphatic carbocycles. The second-order valence-electron chi connectivity index (χ2n) is 3.91. The predicted molar refractivity (Wildman–Crippen MR) is 62.8 cm³/mol. The number of aromatic nitrogens is 2. The highest BCUT2D eigenvalue weighted by Crippen LogP contribution is 2.32. The number of nitrogens with two attached hydrogens (primary N) is 1. The second kappa shape index (κ2) is 3.35. The van der Waals surface area contributed by atoms with Crippen LogP contribution in [0.15, 0.2) is 35.0 Å². The van der Waals surface area contributed by atoms with Crippen molar-refractivity contribution in [2.75, 3.05) is 5.73 Å².